The number of halogens is 1. The first-order chi connectivity index (χ1) is 5.99. The van der Waals surface area contributed by atoms with Gasteiger partial charge in [0.2, 0.25) is 10.1 Å². The summed E-state index contributed by atoms with van der Waals surface area (Å²) in [5, 5.41) is 0.191. The van der Waals surface area contributed by atoms with E-state index in [4.69, 9.17) is 20.2 Å². The lowest BCUT2D eigenvalue weighted by molar-refractivity contribution is 0.371. The summed E-state index contributed by atoms with van der Waals surface area (Å²) < 4.78 is 31.2. The summed E-state index contributed by atoms with van der Waals surface area (Å²) in [5.41, 5.74) is 0. The summed E-state index contributed by atoms with van der Waals surface area (Å²) in [6.07, 6.45) is 0. The molecule has 0 aliphatic rings. The third-order valence-electron chi connectivity index (χ3n) is 1.14. The van der Waals surface area contributed by atoms with E-state index in [1.807, 2.05) is 0 Å². The molecule has 0 aliphatic heterocycles. The lowest BCUT2D eigenvalue weighted by atomic mass is 10.9. The molecule has 0 atom stereocenters. The third-order valence-corrected chi connectivity index (χ3v) is 4.19. The molecule has 0 bridgehead atoms. The maximum Gasteiger partial charge on any atom is 0.277 e. The van der Waals surface area contributed by atoms with Crippen LogP contribution in [0.4, 0.5) is 0 Å². The molecule has 0 aliphatic carbocycles. The van der Waals surface area contributed by atoms with Gasteiger partial charge in [-0.2, -0.15) is 4.98 Å². The Morgan fingerprint density at radius 3 is 2.31 bits per heavy atom. The van der Waals surface area contributed by atoms with Crippen LogP contribution in [-0.4, -0.2) is 27.6 Å². The van der Waals surface area contributed by atoms with Crippen LogP contribution >= 0.6 is 22.0 Å². The van der Waals surface area contributed by atoms with Gasteiger partial charge in [-0.3, -0.25) is 0 Å². The topological polar surface area (TPSA) is 65.5 Å². The van der Waals surface area contributed by atoms with Gasteiger partial charge in [0.15, 0.2) is 0 Å². The molecule has 0 unspecified atom stereocenters. The second-order valence-electron chi connectivity index (χ2n) is 1.92. The highest BCUT2D eigenvalue weighted by Crippen LogP contribution is 2.36. The van der Waals surface area contributed by atoms with Crippen molar-refractivity contribution < 1.29 is 17.9 Å². The van der Waals surface area contributed by atoms with Gasteiger partial charge in [-0.05, 0) is 0 Å². The van der Waals surface area contributed by atoms with Crippen molar-refractivity contribution in [3.05, 3.63) is 0 Å². The van der Waals surface area contributed by atoms with Gasteiger partial charge in [0.05, 0.1) is 14.2 Å². The van der Waals surface area contributed by atoms with E-state index in [1.165, 1.54) is 14.2 Å². The Labute approximate surface area is 83.7 Å². The number of methoxy groups -OCH3 is 2. The second kappa shape index (κ2) is 3.69. The van der Waals surface area contributed by atoms with Crippen molar-refractivity contribution in [2.45, 2.75) is 4.21 Å². The average molecular weight is 244 g/mol. The Hall–Kier alpha value is -0.530. The molecule has 0 aromatic carbocycles. The number of ether oxygens (including phenoxy) is 2. The van der Waals surface area contributed by atoms with Gasteiger partial charge in [-0.25, -0.2) is 8.42 Å². The van der Waals surface area contributed by atoms with E-state index in [-0.39, 0.29) is 15.3 Å². The Morgan fingerprint density at radius 1 is 1.38 bits per heavy atom. The molecule has 0 spiro atoms. The highest BCUT2D eigenvalue weighted by Gasteiger charge is 2.23. The Kier molecular flexibility index (Phi) is 2.99. The summed E-state index contributed by atoms with van der Waals surface area (Å²) >= 11 is 0.813. The quantitative estimate of drug-likeness (QED) is 0.744. The maximum atomic E-state index is 10.9. The van der Waals surface area contributed by atoms with Crippen LogP contribution < -0.4 is 9.47 Å². The lowest BCUT2D eigenvalue weighted by Gasteiger charge is -1.93. The van der Waals surface area contributed by atoms with Crippen LogP contribution in [0.25, 0.3) is 0 Å². The standard InChI is InChI=1S/C5H6ClNO4S2/c1-10-3-4(13(6,8)9)12-5(7-3)11-2/h1-2H3. The molecular formula is C5H6ClNO4S2. The summed E-state index contributed by atoms with van der Waals surface area (Å²) in [5.74, 6) is -0.0446. The SMILES string of the molecule is COc1nc(OC)c(S(=O)(=O)Cl)s1. The molecule has 1 aromatic rings. The predicted molar refractivity (Wildman–Crippen MR) is 48.3 cm³/mol. The highest BCUT2D eigenvalue weighted by molar-refractivity contribution is 8.15. The van der Waals surface area contributed by atoms with E-state index in [9.17, 15) is 8.42 Å². The van der Waals surface area contributed by atoms with E-state index in [2.05, 4.69) is 4.98 Å². The van der Waals surface area contributed by atoms with E-state index < -0.39 is 9.05 Å². The van der Waals surface area contributed by atoms with Crippen LogP contribution in [0, 0.1) is 0 Å². The summed E-state index contributed by atoms with van der Waals surface area (Å²) in [6.45, 7) is 0. The number of hydrogen-bond acceptors (Lipinski definition) is 6. The number of nitrogens with zero attached hydrogens (tertiary/aromatic N) is 1. The largest absolute Gasteiger partial charge is 0.479 e. The van der Waals surface area contributed by atoms with Gasteiger partial charge in [-0.15, -0.1) is 0 Å². The van der Waals surface area contributed by atoms with Crippen molar-refractivity contribution in [1.82, 2.24) is 4.98 Å². The van der Waals surface area contributed by atoms with Crippen molar-refractivity contribution in [2.24, 2.45) is 0 Å². The molecule has 0 saturated carbocycles. The highest BCUT2D eigenvalue weighted by atomic mass is 35.7. The van der Waals surface area contributed by atoms with Crippen LogP contribution in [0.2, 0.25) is 0 Å². The minimum absolute atomic E-state index is 0.0446. The molecule has 1 heterocycles. The van der Waals surface area contributed by atoms with Crippen LogP contribution in [0.15, 0.2) is 4.21 Å². The summed E-state index contributed by atoms with van der Waals surface area (Å²) in [6, 6.07) is 0. The zero-order chi connectivity index (χ0) is 10.1. The van der Waals surface area contributed by atoms with Crippen molar-refractivity contribution >= 4 is 31.1 Å². The van der Waals surface area contributed by atoms with Crippen LogP contribution in [0.1, 0.15) is 0 Å². The van der Waals surface area contributed by atoms with Gasteiger partial charge < -0.3 is 9.47 Å². The number of thiazole rings is 1. The Bertz CT molecular complexity index is 399. The fraction of sp³-hybridized carbons (Fsp3) is 0.400. The van der Waals surface area contributed by atoms with E-state index in [0.29, 0.717) is 0 Å². The van der Waals surface area contributed by atoms with E-state index in [0.717, 1.165) is 11.3 Å². The van der Waals surface area contributed by atoms with Gasteiger partial charge >= 0.3 is 0 Å². The molecule has 5 nitrogen and oxygen atoms in total. The zero-order valence-corrected chi connectivity index (χ0v) is 9.16. The number of hydrogen-bond donors (Lipinski definition) is 0. The Balaban J connectivity index is 3.28. The molecule has 0 saturated heterocycles. The van der Waals surface area contributed by atoms with Crippen molar-refractivity contribution in [3.8, 4) is 11.1 Å². The van der Waals surface area contributed by atoms with E-state index in [1.54, 1.807) is 0 Å². The fourth-order valence-electron chi connectivity index (χ4n) is 0.645. The van der Waals surface area contributed by atoms with Crippen molar-refractivity contribution in [3.63, 3.8) is 0 Å². The maximum absolute atomic E-state index is 10.9. The zero-order valence-electron chi connectivity index (χ0n) is 6.77. The van der Waals surface area contributed by atoms with Crippen LogP contribution in [0.3, 0.4) is 0 Å². The Morgan fingerprint density at radius 2 is 2.00 bits per heavy atom. The van der Waals surface area contributed by atoms with Gasteiger partial charge in [0.1, 0.15) is 0 Å². The minimum Gasteiger partial charge on any atom is -0.479 e. The molecule has 0 N–H and O–H groups in total. The summed E-state index contributed by atoms with van der Waals surface area (Å²) in [7, 11) is 3.99. The van der Waals surface area contributed by atoms with Crippen LogP contribution in [-0.2, 0) is 9.05 Å². The second-order valence-corrected chi connectivity index (χ2v) is 5.64. The first-order valence-corrected chi connectivity index (χ1v) is 6.15. The minimum atomic E-state index is -3.81. The van der Waals surface area contributed by atoms with Gasteiger partial charge in [-0.1, -0.05) is 11.3 Å². The van der Waals surface area contributed by atoms with Crippen LogP contribution in [0.5, 0.6) is 11.1 Å². The molecule has 74 valence electrons. The molecule has 13 heavy (non-hydrogen) atoms. The number of aromatic nitrogens is 1. The molecule has 1 rings (SSSR count). The molecule has 1 aromatic heterocycles. The number of rotatable bonds is 3. The van der Waals surface area contributed by atoms with Crippen molar-refractivity contribution in [1.29, 1.82) is 0 Å². The smallest absolute Gasteiger partial charge is 0.277 e. The van der Waals surface area contributed by atoms with Gasteiger partial charge in [0.25, 0.3) is 14.2 Å². The normalized spacial score (nSPS) is 11.3. The molecule has 8 heteroatoms. The first kappa shape index (κ1) is 10.6. The lowest BCUT2D eigenvalue weighted by Crippen LogP contribution is -1.91. The fourth-order valence-corrected chi connectivity index (χ4v) is 2.66. The molecular weight excluding hydrogens is 238 g/mol. The van der Waals surface area contributed by atoms with Gasteiger partial charge in [0, 0.05) is 10.7 Å². The van der Waals surface area contributed by atoms with E-state index >= 15 is 0 Å². The molecule has 0 radical (unpaired) electrons. The predicted octanol–water partition coefficient (Wildman–Crippen LogP) is 1.09. The first-order valence-electron chi connectivity index (χ1n) is 3.02. The average Bonchev–Trinajstić information content (AvgIpc) is 2.46. The molecule has 0 fully saturated rings. The third kappa shape index (κ3) is 2.23. The monoisotopic (exact) mass is 243 g/mol. The molecule has 0 amide bonds. The summed E-state index contributed by atoms with van der Waals surface area (Å²) in [4.78, 5) is 3.72. The van der Waals surface area contributed by atoms with Crippen molar-refractivity contribution in [2.75, 3.05) is 14.2 Å².